The molecule has 0 aromatic rings. The van der Waals surface area contributed by atoms with Crippen LogP contribution >= 0.6 is 0 Å². The Morgan fingerprint density at radius 2 is 2.10 bits per heavy atom. The Balaban J connectivity index is 3.53. The van der Waals surface area contributed by atoms with Crippen LogP contribution < -0.4 is 0 Å². The molecule has 2 nitrogen and oxygen atoms in total. The van der Waals surface area contributed by atoms with Crippen LogP contribution in [0.1, 0.15) is 26.7 Å². The van der Waals surface area contributed by atoms with Crippen LogP contribution in [-0.2, 0) is 4.79 Å². The zero-order chi connectivity index (χ0) is 8.15. The molecule has 0 aromatic heterocycles. The first-order chi connectivity index (χ1) is 4.52. The summed E-state index contributed by atoms with van der Waals surface area (Å²) in [5.74, 6) is 0.539. The van der Waals surface area contributed by atoms with Crippen molar-refractivity contribution in [3.05, 3.63) is 12.3 Å². The molecular formula is C8H14O2. The smallest absolute Gasteiger partial charge is 0.130 e. The Kier molecular flexibility index (Phi) is 3.77. The molecule has 0 amide bonds. The van der Waals surface area contributed by atoms with E-state index in [1.54, 1.807) is 6.92 Å². The highest BCUT2D eigenvalue weighted by Crippen LogP contribution is 2.11. The van der Waals surface area contributed by atoms with E-state index < -0.39 is 0 Å². The second-order valence-electron chi connectivity index (χ2n) is 2.78. The van der Waals surface area contributed by atoms with Crippen molar-refractivity contribution in [2.45, 2.75) is 26.7 Å². The Labute approximate surface area is 61.6 Å². The number of carbonyl (C=O) groups is 1. The van der Waals surface area contributed by atoms with Gasteiger partial charge < -0.3 is 9.90 Å². The number of Topliss-reactive ketones (excluding diaryl/α,β-unsaturated/α-hetero) is 1. The van der Waals surface area contributed by atoms with Crippen molar-refractivity contribution < 1.29 is 9.90 Å². The first kappa shape index (κ1) is 9.21. The van der Waals surface area contributed by atoms with E-state index in [-0.39, 0.29) is 17.5 Å². The molecule has 0 aliphatic heterocycles. The molecule has 1 unspecified atom stereocenters. The van der Waals surface area contributed by atoms with Crippen LogP contribution in [0.25, 0.3) is 0 Å². The summed E-state index contributed by atoms with van der Waals surface area (Å²) in [5, 5.41) is 8.73. The number of rotatable bonds is 4. The maximum Gasteiger partial charge on any atom is 0.130 e. The highest BCUT2D eigenvalue weighted by Gasteiger charge is 2.05. The first-order valence-electron chi connectivity index (χ1n) is 3.38. The third-order valence-corrected chi connectivity index (χ3v) is 1.22. The summed E-state index contributed by atoms with van der Waals surface area (Å²) < 4.78 is 0. The molecule has 0 aliphatic carbocycles. The highest BCUT2D eigenvalue weighted by molar-refractivity contribution is 5.75. The minimum Gasteiger partial charge on any atom is -0.513 e. The van der Waals surface area contributed by atoms with Crippen molar-refractivity contribution >= 4 is 5.78 Å². The minimum atomic E-state index is 0.161. The van der Waals surface area contributed by atoms with Crippen LogP contribution in [0.2, 0.25) is 0 Å². The Hall–Kier alpha value is -0.790. The fourth-order valence-corrected chi connectivity index (χ4v) is 0.965. The maximum absolute atomic E-state index is 10.5. The number of allylic oxidation sites excluding steroid dienone is 1. The van der Waals surface area contributed by atoms with Gasteiger partial charge in [-0.15, -0.1) is 0 Å². The molecule has 1 N–H and O–H groups in total. The molecule has 0 saturated carbocycles. The number of hydrogen-bond acceptors (Lipinski definition) is 2. The normalized spacial score (nSPS) is 12.6. The largest absolute Gasteiger partial charge is 0.513 e. The van der Waals surface area contributed by atoms with E-state index in [0.717, 1.165) is 0 Å². The Bertz CT molecular complexity index is 122. The highest BCUT2D eigenvalue weighted by atomic mass is 16.3. The second-order valence-corrected chi connectivity index (χ2v) is 2.78. The standard InChI is InChI=1S/C8H14O2/c1-6(4-7(2)9)5-8(3)10/h6,9H,2,4-5H2,1,3H3. The van der Waals surface area contributed by atoms with Gasteiger partial charge in [-0.1, -0.05) is 13.5 Å². The molecule has 58 valence electrons. The Morgan fingerprint density at radius 3 is 2.40 bits per heavy atom. The van der Waals surface area contributed by atoms with Crippen molar-refractivity contribution in [1.82, 2.24) is 0 Å². The average Bonchev–Trinajstić information content (AvgIpc) is 1.58. The molecule has 0 aliphatic rings. The van der Waals surface area contributed by atoms with Crippen molar-refractivity contribution in [3.63, 3.8) is 0 Å². The molecule has 0 spiro atoms. The molecule has 0 fully saturated rings. The predicted molar refractivity (Wildman–Crippen MR) is 40.8 cm³/mol. The summed E-state index contributed by atoms with van der Waals surface area (Å²) >= 11 is 0. The van der Waals surface area contributed by atoms with E-state index in [9.17, 15) is 4.79 Å². The lowest BCUT2D eigenvalue weighted by Crippen LogP contribution is -2.02. The lowest BCUT2D eigenvalue weighted by atomic mass is 10.0. The number of hydrogen-bond donors (Lipinski definition) is 1. The van der Waals surface area contributed by atoms with Crippen molar-refractivity contribution in [3.8, 4) is 0 Å². The van der Waals surface area contributed by atoms with E-state index in [4.69, 9.17) is 5.11 Å². The van der Waals surface area contributed by atoms with Crippen molar-refractivity contribution in [2.75, 3.05) is 0 Å². The molecule has 10 heavy (non-hydrogen) atoms. The first-order valence-corrected chi connectivity index (χ1v) is 3.38. The predicted octanol–water partition coefficient (Wildman–Crippen LogP) is 2.06. The summed E-state index contributed by atoms with van der Waals surface area (Å²) in [6.07, 6.45) is 1.05. The topological polar surface area (TPSA) is 37.3 Å². The van der Waals surface area contributed by atoms with Gasteiger partial charge in [0.2, 0.25) is 0 Å². The third-order valence-electron chi connectivity index (χ3n) is 1.22. The van der Waals surface area contributed by atoms with Crippen LogP contribution in [0.5, 0.6) is 0 Å². The van der Waals surface area contributed by atoms with Crippen LogP contribution in [0.3, 0.4) is 0 Å². The van der Waals surface area contributed by atoms with Crippen LogP contribution in [0.4, 0.5) is 0 Å². The molecule has 0 saturated heterocycles. The molecular weight excluding hydrogens is 128 g/mol. The average molecular weight is 142 g/mol. The van der Waals surface area contributed by atoms with E-state index in [1.165, 1.54) is 0 Å². The second kappa shape index (κ2) is 4.09. The SMILES string of the molecule is C=C(O)CC(C)CC(C)=O. The fourth-order valence-electron chi connectivity index (χ4n) is 0.965. The van der Waals surface area contributed by atoms with E-state index in [2.05, 4.69) is 6.58 Å². The summed E-state index contributed by atoms with van der Waals surface area (Å²) in [5.41, 5.74) is 0. The monoisotopic (exact) mass is 142 g/mol. The number of ketones is 1. The number of aliphatic hydroxyl groups excluding tert-OH is 1. The van der Waals surface area contributed by atoms with Gasteiger partial charge >= 0.3 is 0 Å². The van der Waals surface area contributed by atoms with E-state index >= 15 is 0 Å². The van der Waals surface area contributed by atoms with Gasteiger partial charge in [0.05, 0.1) is 5.76 Å². The number of carbonyl (C=O) groups excluding carboxylic acids is 1. The molecule has 0 bridgehead atoms. The van der Waals surface area contributed by atoms with Gasteiger partial charge in [-0.25, -0.2) is 0 Å². The summed E-state index contributed by atoms with van der Waals surface area (Å²) in [7, 11) is 0. The quantitative estimate of drug-likeness (QED) is 0.610. The van der Waals surface area contributed by atoms with Gasteiger partial charge in [-0.05, 0) is 12.8 Å². The minimum absolute atomic E-state index is 0.161. The van der Waals surface area contributed by atoms with Crippen LogP contribution in [-0.4, -0.2) is 10.9 Å². The van der Waals surface area contributed by atoms with Gasteiger partial charge in [-0.2, -0.15) is 0 Å². The summed E-state index contributed by atoms with van der Waals surface area (Å²) in [6, 6.07) is 0. The number of aliphatic hydroxyl groups is 1. The van der Waals surface area contributed by atoms with Gasteiger partial charge in [0.15, 0.2) is 0 Å². The van der Waals surface area contributed by atoms with Gasteiger partial charge in [0.1, 0.15) is 5.78 Å². The molecule has 0 radical (unpaired) electrons. The lowest BCUT2D eigenvalue weighted by Gasteiger charge is -2.06. The fraction of sp³-hybridized carbons (Fsp3) is 0.625. The van der Waals surface area contributed by atoms with Gasteiger partial charge in [-0.3, -0.25) is 0 Å². The van der Waals surface area contributed by atoms with E-state index in [1.807, 2.05) is 6.92 Å². The third kappa shape index (κ3) is 5.35. The van der Waals surface area contributed by atoms with E-state index in [0.29, 0.717) is 12.8 Å². The molecule has 1 atom stereocenters. The van der Waals surface area contributed by atoms with Crippen molar-refractivity contribution in [1.29, 1.82) is 0 Å². The van der Waals surface area contributed by atoms with Gasteiger partial charge in [0.25, 0.3) is 0 Å². The summed E-state index contributed by atoms with van der Waals surface area (Å²) in [6.45, 7) is 6.82. The van der Waals surface area contributed by atoms with Gasteiger partial charge in [0, 0.05) is 12.8 Å². The molecule has 0 aromatic carbocycles. The zero-order valence-corrected chi connectivity index (χ0v) is 6.55. The molecule has 0 rings (SSSR count). The molecule has 2 heteroatoms. The molecule has 0 heterocycles. The van der Waals surface area contributed by atoms with Crippen molar-refractivity contribution in [2.24, 2.45) is 5.92 Å². The van der Waals surface area contributed by atoms with Crippen LogP contribution in [0.15, 0.2) is 12.3 Å². The lowest BCUT2D eigenvalue weighted by molar-refractivity contribution is -0.117. The Morgan fingerprint density at radius 1 is 1.60 bits per heavy atom. The maximum atomic E-state index is 10.5. The zero-order valence-electron chi connectivity index (χ0n) is 6.55. The summed E-state index contributed by atoms with van der Waals surface area (Å²) in [4.78, 5) is 10.5. The van der Waals surface area contributed by atoms with Crippen LogP contribution in [0, 0.1) is 5.92 Å².